The van der Waals surface area contributed by atoms with Crippen LogP contribution < -0.4 is 16.4 Å². The van der Waals surface area contributed by atoms with E-state index in [0.29, 0.717) is 6.04 Å². The lowest BCUT2D eigenvalue weighted by atomic mass is 10.1. The highest BCUT2D eigenvalue weighted by Crippen LogP contribution is 1.99. The summed E-state index contributed by atoms with van der Waals surface area (Å²) in [6.07, 6.45) is 2.59. The second-order valence-corrected chi connectivity index (χ2v) is 2.79. The van der Waals surface area contributed by atoms with E-state index in [0.717, 1.165) is 19.6 Å². The Hall–Kier alpha value is -0.120. The third-order valence-electron chi connectivity index (χ3n) is 1.87. The first kappa shape index (κ1) is 7.98. The van der Waals surface area contributed by atoms with Crippen LogP contribution in [0.5, 0.6) is 0 Å². The van der Waals surface area contributed by atoms with Gasteiger partial charge >= 0.3 is 0 Å². The van der Waals surface area contributed by atoms with E-state index in [1.165, 1.54) is 19.4 Å². The van der Waals surface area contributed by atoms with Crippen LogP contribution in [0.25, 0.3) is 0 Å². The van der Waals surface area contributed by atoms with Crippen LogP contribution >= 0.6 is 0 Å². The minimum atomic E-state index is 0.664. The van der Waals surface area contributed by atoms with Crippen molar-refractivity contribution in [1.82, 2.24) is 10.6 Å². The van der Waals surface area contributed by atoms with E-state index in [1.54, 1.807) is 0 Å². The Balaban J connectivity index is 2.02. The van der Waals surface area contributed by atoms with Gasteiger partial charge in [0.15, 0.2) is 0 Å². The smallest absolute Gasteiger partial charge is 0.0193 e. The molecule has 1 fully saturated rings. The summed E-state index contributed by atoms with van der Waals surface area (Å²) in [6.45, 7) is 3.99. The fourth-order valence-electron chi connectivity index (χ4n) is 1.31. The highest BCUT2D eigenvalue weighted by atomic mass is 15.0. The van der Waals surface area contributed by atoms with Gasteiger partial charge in [-0.05, 0) is 19.4 Å². The SMILES string of the molecule is NCCNC1CCCNC1. The average Bonchev–Trinajstić information content (AvgIpc) is 2.03. The molecule has 3 nitrogen and oxygen atoms in total. The molecule has 3 heteroatoms. The summed E-state index contributed by atoms with van der Waals surface area (Å²) < 4.78 is 0. The van der Waals surface area contributed by atoms with Crippen molar-refractivity contribution in [3.8, 4) is 0 Å². The number of hydrogen-bond donors (Lipinski definition) is 3. The summed E-state index contributed by atoms with van der Waals surface area (Å²) in [6, 6.07) is 0.664. The van der Waals surface area contributed by atoms with Crippen molar-refractivity contribution in [2.75, 3.05) is 26.2 Å². The molecule has 1 aliphatic rings. The maximum atomic E-state index is 5.36. The van der Waals surface area contributed by atoms with E-state index >= 15 is 0 Å². The third kappa shape index (κ3) is 2.64. The van der Waals surface area contributed by atoms with Gasteiger partial charge < -0.3 is 16.4 Å². The Morgan fingerprint density at radius 2 is 2.50 bits per heavy atom. The molecule has 0 aromatic rings. The molecule has 1 aliphatic heterocycles. The molecule has 0 spiro atoms. The minimum absolute atomic E-state index is 0.664. The number of rotatable bonds is 3. The Labute approximate surface area is 62.4 Å². The van der Waals surface area contributed by atoms with Gasteiger partial charge in [-0.25, -0.2) is 0 Å². The maximum absolute atomic E-state index is 5.36. The normalized spacial score (nSPS) is 26.7. The molecule has 0 bridgehead atoms. The van der Waals surface area contributed by atoms with E-state index in [2.05, 4.69) is 10.6 Å². The van der Waals surface area contributed by atoms with Gasteiger partial charge in [0.05, 0.1) is 0 Å². The van der Waals surface area contributed by atoms with Crippen molar-refractivity contribution in [2.24, 2.45) is 5.73 Å². The van der Waals surface area contributed by atoms with Crippen LogP contribution in [-0.2, 0) is 0 Å². The summed E-state index contributed by atoms with van der Waals surface area (Å²) in [7, 11) is 0. The first-order valence-corrected chi connectivity index (χ1v) is 4.07. The molecule has 0 aromatic heterocycles. The molecule has 0 aliphatic carbocycles. The predicted molar refractivity (Wildman–Crippen MR) is 42.9 cm³/mol. The monoisotopic (exact) mass is 143 g/mol. The van der Waals surface area contributed by atoms with Gasteiger partial charge in [0, 0.05) is 25.7 Å². The molecule has 0 aromatic carbocycles. The third-order valence-corrected chi connectivity index (χ3v) is 1.87. The average molecular weight is 143 g/mol. The van der Waals surface area contributed by atoms with Crippen LogP contribution in [-0.4, -0.2) is 32.2 Å². The Morgan fingerprint density at radius 1 is 1.60 bits per heavy atom. The topological polar surface area (TPSA) is 50.1 Å². The molecule has 0 amide bonds. The molecule has 1 atom stereocenters. The maximum Gasteiger partial charge on any atom is 0.0193 e. The molecule has 1 heterocycles. The molecule has 0 radical (unpaired) electrons. The van der Waals surface area contributed by atoms with Crippen LogP contribution in [0.4, 0.5) is 0 Å². The highest BCUT2D eigenvalue weighted by Gasteiger charge is 2.10. The van der Waals surface area contributed by atoms with Gasteiger partial charge in [-0.2, -0.15) is 0 Å². The van der Waals surface area contributed by atoms with E-state index < -0.39 is 0 Å². The largest absolute Gasteiger partial charge is 0.329 e. The second-order valence-electron chi connectivity index (χ2n) is 2.79. The summed E-state index contributed by atoms with van der Waals surface area (Å²) in [5.41, 5.74) is 5.36. The van der Waals surface area contributed by atoms with Gasteiger partial charge in [0.25, 0.3) is 0 Å². The number of hydrogen-bond acceptors (Lipinski definition) is 3. The lowest BCUT2D eigenvalue weighted by molar-refractivity contribution is 0.394. The predicted octanol–water partition coefficient (Wildman–Crippen LogP) is -0.713. The molecule has 10 heavy (non-hydrogen) atoms. The van der Waals surface area contributed by atoms with Crippen LogP contribution in [0.3, 0.4) is 0 Å². The van der Waals surface area contributed by atoms with Gasteiger partial charge in [0.2, 0.25) is 0 Å². The number of piperidine rings is 1. The fourth-order valence-corrected chi connectivity index (χ4v) is 1.31. The van der Waals surface area contributed by atoms with Crippen molar-refractivity contribution in [3.63, 3.8) is 0 Å². The second kappa shape index (κ2) is 4.66. The molecule has 60 valence electrons. The summed E-state index contributed by atoms with van der Waals surface area (Å²) in [5, 5.41) is 6.72. The van der Waals surface area contributed by atoms with E-state index in [1.807, 2.05) is 0 Å². The Morgan fingerprint density at radius 3 is 3.10 bits per heavy atom. The van der Waals surface area contributed by atoms with Crippen LogP contribution in [0.2, 0.25) is 0 Å². The quantitative estimate of drug-likeness (QED) is 0.489. The number of nitrogens with two attached hydrogens (primary N) is 1. The number of nitrogens with one attached hydrogen (secondary N) is 2. The minimum Gasteiger partial charge on any atom is -0.329 e. The van der Waals surface area contributed by atoms with Crippen LogP contribution in [0.1, 0.15) is 12.8 Å². The molecular formula is C7H17N3. The zero-order chi connectivity index (χ0) is 7.23. The summed E-state index contributed by atoms with van der Waals surface area (Å²) in [5.74, 6) is 0. The van der Waals surface area contributed by atoms with Crippen molar-refractivity contribution in [3.05, 3.63) is 0 Å². The molecule has 4 N–H and O–H groups in total. The van der Waals surface area contributed by atoms with Crippen molar-refractivity contribution in [2.45, 2.75) is 18.9 Å². The van der Waals surface area contributed by atoms with Gasteiger partial charge in [0.1, 0.15) is 0 Å². The molecule has 1 rings (SSSR count). The van der Waals surface area contributed by atoms with Crippen molar-refractivity contribution in [1.29, 1.82) is 0 Å². The van der Waals surface area contributed by atoms with Crippen molar-refractivity contribution < 1.29 is 0 Å². The molecule has 1 unspecified atom stereocenters. The summed E-state index contributed by atoms with van der Waals surface area (Å²) in [4.78, 5) is 0. The van der Waals surface area contributed by atoms with E-state index in [9.17, 15) is 0 Å². The Kier molecular flexibility index (Phi) is 3.72. The molecule has 1 saturated heterocycles. The zero-order valence-electron chi connectivity index (χ0n) is 6.40. The summed E-state index contributed by atoms with van der Waals surface area (Å²) >= 11 is 0. The van der Waals surface area contributed by atoms with Crippen LogP contribution in [0, 0.1) is 0 Å². The van der Waals surface area contributed by atoms with Crippen LogP contribution in [0.15, 0.2) is 0 Å². The lowest BCUT2D eigenvalue weighted by Gasteiger charge is -2.23. The van der Waals surface area contributed by atoms with E-state index in [4.69, 9.17) is 5.73 Å². The first-order chi connectivity index (χ1) is 4.93. The first-order valence-electron chi connectivity index (χ1n) is 4.07. The zero-order valence-corrected chi connectivity index (χ0v) is 6.40. The van der Waals surface area contributed by atoms with Gasteiger partial charge in [-0.15, -0.1) is 0 Å². The lowest BCUT2D eigenvalue weighted by Crippen LogP contribution is -2.44. The standard InChI is InChI=1S/C7H17N3/c8-3-5-10-7-2-1-4-9-6-7/h7,9-10H,1-6,8H2. The Bertz CT molecular complexity index is 78.9. The highest BCUT2D eigenvalue weighted by molar-refractivity contribution is 4.74. The van der Waals surface area contributed by atoms with Crippen molar-refractivity contribution >= 4 is 0 Å². The van der Waals surface area contributed by atoms with Gasteiger partial charge in [-0.1, -0.05) is 0 Å². The molecule has 0 saturated carbocycles. The molecular weight excluding hydrogens is 126 g/mol. The van der Waals surface area contributed by atoms with E-state index in [-0.39, 0.29) is 0 Å². The fraction of sp³-hybridized carbons (Fsp3) is 1.00. The van der Waals surface area contributed by atoms with Gasteiger partial charge in [-0.3, -0.25) is 0 Å².